The molecule has 1 N–H and O–H groups in total. The molecule has 0 saturated carbocycles. The van der Waals surface area contributed by atoms with Crippen molar-refractivity contribution in [1.82, 2.24) is 10.2 Å². The molecule has 1 amide bonds. The van der Waals surface area contributed by atoms with Gasteiger partial charge in [0.15, 0.2) is 0 Å². The number of hydrogen-bond donors (Lipinski definition) is 1. The van der Waals surface area contributed by atoms with Gasteiger partial charge in [0.2, 0.25) is 5.91 Å². The number of amides is 1. The molecule has 3 nitrogen and oxygen atoms in total. The second kappa shape index (κ2) is 8.51. The topological polar surface area (TPSA) is 32.3 Å². The Morgan fingerprint density at radius 2 is 2.12 bits per heavy atom. The zero-order valence-electron chi connectivity index (χ0n) is 11.5. The molecule has 1 aliphatic heterocycles. The van der Waals surface area contributed by atoms with Crippen LogP contribution in [0, 0.1) is 0 Å². The number of rotatable bonds is 7. The van der Waals surface area contributed by atoms with Gasteiger partial charge in [0, 0.05) is 25.6 Å². The average molecular weight is 240 g/mol. The Labute approximate surface area is 106 Å². The van der Waals surface area contributed by atoms with Gasteiger partial charge in [0.1, 0.15) is 0 Å². The van der Waals surface area contributed by atoms with Gasteiger partial charge in [0.25, 0.3) is 0 Å². The second-order valence-corrected chi connectivity index (χ2v) is 5.00. The first-order valence-electron chi connectivity index (χ1n) is 7.29. The predicted molar refractivity (Wildman–Crippen MR) is 72.0 cm³/mol. The van der Waals surface area contributed by atoms with Crippen LogP contribution in [0.4, 0.5) is 0 Å². The maximum Gasteiger partial charge on any atom is 0.222 e. The van der Waals surface area contributed by atoms with Crippen LogP contribution < -0.4 is 5.32 Å². The van der Waals surface area contributed by atoms with Crippen LogP contribution in [-0.4, -0.2) is 36.5 Å². The van der Waals surface area contributed by atoms with Crippen molar-refractivity contribution in [3.05, 3.63) is 0 Å². The Bertz CT molecular complexity index is 218. The number of carbonyl (C=O) groups is 1. The van der Waals surface area contributed by atoms with Crippen LogP contribution in [0.2, 0.25) is 0 Å². The summed E-state index contributed by atoms with van der Waals surface area (Å²) in [6.07, 6.45) is 7.77. The summed E-state index contributed by atoms with van der Waals surface area (Å²) in [5.41, 5.74) is 0. The summed E-state index contributed by atoms with van der Waals surface area (Å²) in [7, 11) is 0. The van der Waals surface area contributed by atoms with Gasteiger partial charge >= 0.3 is 0 Å². The van der Waals surface area contributed by atoms with Crippen molar-refractivity contribution in [2.75, 3.05) is 19.6 Å². The maximum absolute atomic E-state index is 11.8. The van der Waals surface area contributed by atoms with Gasteiger partial charge in [0.05, 0.1) is 0 Å². The lowest BCUT2D eigenvalue weighted by molar-refractivity contribution is -0.130. The van der Waals surface area contributed by atoms with E-state index in [0.29, 0.717) is 11.9 Å². The maximum atomic E-state index is 11.8. The van der Waals surface area contributed by atoms with Crippen molar-refractivity contribution in [2.45, 2.75) is 64.8 Å². The zero-order valence-corrected chi connectivity index (χ0v) is 11.5. The van der Waals surface area contributed by atoms with E-state index in [4.69, 9.17) is 0 Å². The summed E-state index contributed by atoms with van der Waals surface area (Å²) < 4.78 is 0. The molecule has 1 heterocycles. The van der Waals surface area contributed by atoms with Crippen molar-refractivity contribution in [3.8, 4) is 0 Å². The predicted octanol–water partition coefficient (Wildman–Crippen LogP) is 2.56. The third-order valence-electron chi connectivity index (χ3n) is 3.64. The minimum Gasteiger partial charge on any atom is -0.343 e. The van der Waals surface area contributed by atoms with Crippen molar-refractivity contribution >= 4 is 5.91 Å². The van der Waals surface area contributed by atoms with E-state index in [2.05, 4.69) is 24.1 Å². The van der Waals surface area contributed by atoms with Gasteiger partial charge in [-0.1, -0.05) is 20.3 Å². The number of likely N-dealkylation sites (tertiary alicyclic amines) is 1. The minimum atomic E-state index is 0.374. The molecule has 1 aliphatic rings. The highest BCUT2D eigenvalue weighted by Crippen LogP contribution is 2.12. The Balaban J connectivity index is 2.21. The lowest BCUT2D eigenvalue weighted by Gasteiger charge is -2.22. The Hall–Kier alpha value is -0.570. The van der Waals surface area contributed by atoms with E-state index < -0.39 is 0 Å². The number of hydrogen-bond acceptors (Lipinski definition) is 2. The van der Waals surface area contributed by atoms with Gasteiger partial charge in [-0.3, -0.25) is 4.79 Å². The van der Waals surface area contributed by atoms with E-state index in [1.165, 1.54) is 25.7 Å². The van der Waals surface area contributed by atoms with Crippen LogP contribution >= 0.6 is 0 Å². The largest absolute Gasteiger partial charge is 0.343 e. The van der Waals surface area contributed by atoms with E-state index in [1.807, 2.05) is 0 Å². The molecule has 17 heavy (non-hydrogen) atoms. The van der Waals surface area contributed by atoms with Crippen LogP contribution in [0.25, 0.3) is 0 Å². The first kappa shape index (κ1) is 14.5. The third-order valence-corrected chi connectivity index (χ3v) is 3.64. The SMILES string of the molecule is CCNC(CC)CCCN1CCCCCC1=O. The summed E-state index contributed by atoms with van der Waals surface area (Å²) in [4.78, 5) is 13.9. The van der Waals surface area contributed by atoms with Crippen molar-refractivity contribution in [2.24, 2.45) is 0 Å². The quantitative estimate of drug-likeness (QED) is 0.742. The lowest BCUT2D eigenvalue weighted by Crippen LogP contribution is -2.33. The molecule has 100 valence electrons. The molecule has 1 fully saturated rings. The summed E-state index contributed by atoms with van der Waals surface area (Å²) in [5.74, 6) is 0.374. The van der Waals surface area contributed by atoms with Gasteiger partial charge in [-0.2, -0.15) is 0 Å². The van der Waals surface area contributed by atoms with Gasteiger partial charge in [-0.15, -0.1) is 0 Å². The highest BCUT2D eigenvalue weighted by molar-refractivity contribution is 5.76. The van der Waals surface area contributed by atoms with E-state index in [-0.39, 0.29) is 0 Å². The van der Waals surface area contributed by atoms with Crippen LogP contribution in [0.15, 0.2) is 0 Å². The Morgan fingerprint density at radius 1 is 1.29 bits per heavy atom. The molecule has 0 aromatic heterocycles. The monoisotopic (exact) mass is 240 g/mol. The molecule has 1 atom stereocenters. The summed E-state index contributed by atoms with van der Waals surface area (Å²) in [6.45, 7) is 7.37. The van der Waals surface area contributed by atoms with Crippen LogP contribution in [0.1, 0.15) is 58.8 Å². The fraction of sp³-hybridized carbons (Fsp3) is 0.929. The standard InChI is InChI=1S/C14H28N2O/c1-3-13(15-4-2)9-8-12-16-11-7-5-6-10-14(16)17/h13,15H,3-12H2,1-2H3. The normalized spacial score (nSPS) is 19.2. The number of carbonyl (C=O) groups excluding carboxylic acids is 1. The lowest BCUT2D eigenvalue weighted by atomic mass is 10.1. The van der Waals surface area contributed by atoms with Gasteiger partial charge in [-0.05, 0) is 38.6 Å². The molecule has 0 aliphatic carbocycles. The molecule has 0 spiro atoms. The Morgan fingerprint density at radius 3 is 2.82 bits per heavy atom. The molecular formula is C14H28N2O. The van der Waals surface area contributed by atoms with Crippen molar-refractivity contribution in [3.63, 3.8) is 0 Å². The molecule has 0 aromatic rings. The molecular weight excluding hydrogens is 212 g/mol. The van der Waals surface area contributed by atoms with Gasteiger partial charge < -0.3 is 10.2 Å². The summed E-state index contributed by atoms with van der Waals surface area (Å²) in [6, 6.07) is 0.627. The van der Waals surface area contributed by atoms with Crippen LogP contribution in [-0.2, 0) is 4.79 Å². The van der Waals surface area contributed by atoms with E-state index >= 15 is 0 Å². The highest BCUT2D eigenvalue weighted by Gasteiger charge is 2.16. The number of nitrogens with zero attached hydrogens (tertiary/aromatic N) is 1. The molecule has 0 aromatic carbocycles. The third kappa shape index (κ3) is 5.53. The fourth-order valence-corrected chi connectivity index (χ4v) is 2.54. The second-order valence-electron chi connectivity index (χ2n) is 5.00. The molecule has 1 unspecified atom stereocenters. The molecule has 1 saturated heterocycles. The molecule has 3 heteroatoms. The van der Waals surface area contributed by atoms with Crippen LogP contribution in [0.5, 0.6) is 0 Å². The van der Waals surface area contributed by atoms with Crippen molar-refractivity contribution < 1.29 is 4.79 Å². The molecule has 0 bridgehead atoms. The first-order chi connectivity index (χ1) is 8.27. The number of nitrogens with one attached hydrogen (secondary N) is 1. The Kier molecular flexibility index (Phi) is 7.25. The average Bonchev–Trinajstić information content (AvgIpc) is 2.53. The first-order valence-corrected chi connectivity index (χ1v) is 7.29. The smallest absolute Gasteiger partial charge is 0.222 e. The molecule has 1 rings (SSSR count). The van der Waals surface area contributed by atoms with Crippen LogP contribution in [0.3, 0.4) is 0 Å². The van der Waals surface area contributed by atoms with E-state index in [1.54, 1.807) is 0 Å². The van der Waals surface area contributed by atoms with Crippen molar-refractivity contribution in [1.29, 1.82) is 0 Å². The fourth-order valence-electron chi connectivity index (χ4n) is 2.54. The zero-order chi connectivity index (χ0) is 12.5. The molecule has 0 radical (unpaired) electrons. The van der Waals surface area contributed by atoms with E-state index in [9.17, 15) is 4.79 Å². The summed E-state index contributed by atoms with van der Waals surface area (Å²) >= 11 is 0. The summed E-state index contributed by atoms with van der Waals surface area (Å²) in [5, 5.41) is 3.49. The highest BCUT2D eigenvalue weighted by atomic mass is 16.2. The minimum absolute atomic E-state index is 0.374. The van der Waals surface area contributed by atoms with E-state index in [0.717, 1.165) is 38.9 Å². The van der Waals surface area contributed by atoms with Gasteiger partial charge in [-0.25, -0.2) is 0 Å².